The van der Waals surface area contributed by atoms with Gasteiger partial charge in [0, 0.05) is 23.2 Å². The van der Waals surface area contributed by atoms with Gasteiger partial charge in [-0.15, -0.1) is 0 Å². The van der Waals surface area contributed by atoms with Crippen molar-refractivity contribution in [3.8, 4) is 28.3 Å². The first kappa shape index (κ1) is 23.4. The topological polar surface area (TPSA) is 103 Å². The van der Waals surface area contributed by atoms with Crippen LogP contribution in [0.4, 0.5) is 5.69 Å². The SMILES string of the molecule is CCCN1C(=O)COc2nc(-c3ccc(C4(N)CCC4)cc3)c(-c3ccccc3)cc21.O=C=O. The van der Waals surface area contributed by atoms with Gasteiger partial charge in [-0.05, 0) is 42.9 Å². The van der Waals surface area contributed by atoms with Gasteiger partial charge in [0.15, 0.2) is 6.61 Å². The summed E-state index contributed by atoms with van der Waals surface area (Å²) < 4.78 is 5.75. The minimum Gasteiger partial charge on any atom is -0.466 e. The Morgan fingerprint density at radius 3 is 2.32 bits per heavy atom. The average Bonchev–Trinajstić information content (AvgIpc) is 2.85. The number of amides is 1. The van der Waals surface area contributed by atoms with E-state index in [1.165, 1.54) is 12.0 Å². The van der Waals surface area contributed by atoms with E-state index in [4.69, 9.17) is 25.0 Å². The highest BCUT2D eigenvalue weighted by Gasteiger charge is 2.34. The zero-order valence-electron chi connectivity index (χ0n) is 19.1. The number of anilines is 1. The third kappa shape index (κ3) is 4.49. The van der Waals surface area contributed by atoms with E-state index in [0.717, 1.165) is 47.3 Å². The van der Waals surface area contributed by atoms with Gasteiger partial charge in [-0.25, -0.2) is 4.98 Å². The van der Waals surface area contributed by atoms with E-state index >= 15 is 0 Å². The number of hydrogen-bond acceptors (Lipinski definition) is 6. The molecular formula is C27H27N3O4. The molecule has 1 aromatic heterocycles. The fraction of sp³-hybridized carbons (Fsp3) is 0.296. The fourth-order valence-corrected chi connectivity index (χ4v) is 4.46. The van der Waals surface area contributed by atoms with Gasteiger partial charge in [0.2, 0.25) is 5.88 Å². The van der Waals surface area contributed by atoms with Crippen molar-refractivity contribution in [2.45, 2.75) is 38.1 Å². The van der Waals surface area contributed by atoms with E-state index in [-0.39, 0.29) is 24.2 Å². The van der Waals surface area contributed by atoms with Gasteiger partial charge in [0.1, 0.15) is 5.69 Å². The largest absolute Gasteiger partial charge is 0.466 e. The van der Waals surface area contributed by atoms with Crippen molar-refractivity contribution >= 4 is 17.7 Å². The molecule has 0 saturated heterocycles. The van der Waals surface area contributed by atoms with E-state index < -0.39 is 0 Å². The minimum atomic E-state index is -0.186. The first-order valence-electron chi connectivity index (χ1n) is 11.4. The van der Waals surface area contributed by atoms with Crippen molar-refractivity contribution in [3.05, 3.63) is 66.2 Å². The van der Waals surface area contributed by atoms with Crippen molar-refractivity contribution in [2.75, 3.05) is 18.1 Å². The molecule has 2 aromatic carbocycles. The summed E-state index contributed by atoms with van der Waals surface area (Å²) >= 11 is 0. The minimum absolute atomic E-state index is 0.0265. The Balaban J connectivity index is 0.000000868. The van der Waals surface area contributed by atoms with Crippen LogP contribution in [0.5, 0.6) is 5.88 Å². The van der Waals surface area contributed by atoms with Crippen LogP contribution in [-0.2, 0) is 19.9 Å². The molecule has 0 bridgehead atoms. The Bertz CT molecular complexity index is 1200. The van der Waals surface area contributed by atoms with Gasteiger partial charge in [0.25, 0.3) is 5.91 Å². The van der Waals surface area contributed by atoms with Crippen LogP contribution in [0.2, 0.25) is 0 Å². The quantitative estimate of drug-likeness (QED) is 0.613. The molecule has 1 saturated carbocycles. The molecule has 1 aliphatic carbocycles. The first-order valence-corrected chi connectivity index (χ1v) is 11.4. The third-order valence-corrected chi connectivity index (χ3v) is 6.40. The number of aromatic nitrogens is 1. The molecule has 3 aromatic rings. The highest BCUT2D eigenvalue weighted by molar-refractivity contribution is 5.99. The van der Waals surface area contributed by atoms with E-state index in [2.05, 4.69) is 43.3 Å². The van der Waals surface area contributed by atoms with Gasteiger partial charge in [-0.2, -0.15) is 9.59 Å². The molecule has 5 rings (SSSR count). The number of fused-ring (bicyclic) bond motifs is 1. The molecule has 0 radical (unpaired) electrons. The molecule has 1 amide bonds. The van der Waals surface area contributed by atoms with Crippen molar-refractivity contribution in [2.24, 2.45) is 5.73 Å². The molecule has 7 nitrogen and oxygen atoms in total. The molecule has 1 fully saturated rings. The number of nitrogens with two attached hydrogens (primary N) is 1. The zero-order valence-corrected chi connectivity index (χ0v) is 19.1. The summed E-state index contributed by atoms with van der Waals surface area (Å²) in [5.41, 5.74) is 12.1. The summed E-state index contributed by atoms with van der Waals surface area (Å²) in [6.45, 7) is 2.74. The van der Waals surface area contributed by atoms with Crippen LogP contribution >= 0.6 is 0 Å². The molecule has 1 aliphatic heterocycles. The van der Waals surface area contributed by atoms with E-state index in [9.17, 15) is 4.79 Å². The molecular weight excluding hydrogens is 430 g/mol. The molecule has 34 heavy (non-hydrogen) atoms. The second-order valence-electron chi connectivity index (χ2n) is 8.58. The maximum absolute atomic E-state index is 12.5. The van der Waals surface area contributed by atoms with Crippen LogP contribution < -0.4 is 15.4 Å². The van der Waals surface area contributed by atoms with Crippen molar-refractivity contribution in [1.82, 2.24) is 4.98 Å². The maximum Gasteiger partial charge on any atom is 0.373 e. The highest BCUT2D eigenvalue weighted by Crippen LogP contribution is 2.42. The van der Waals surface area contributed by atoms with Crippen LogP contribution in [0.3, 0.4) is 0 Å². The number of pyridine rings is 1. The van der Waals surface area contributed by atoms with Crippen LogP contribution in [0.1, 0.15) is 38.2 Å². The van der Waals surface area contributed by atoms with Gasteiger partial charge in [0.05, 0.1) is 5.69 Å². The molecule has 2 aliphatic rings. The summed E-state index contributed by atoms with van der Waals surface area (Å²) in [6.07, 6.45) is 4.38. The zero-order chi connectivity index (χ0) is 24.1. The van der Waals surface area contributed by atoms with Crippen LogP contribution in [-0.4, -0.2) is 30.2 Å². The molecule has 7 heteroatoms. The van der Waals surface area contributed by atoms with Gasteiger partial charge < -0.3 is 15.4 Å². The lowest BCUT2D eigenvalue weighted by molar-refractivity contribution is -0.191. The number of carbonyl (C=O) groups excluding carboxylic acids is 3. The number of rotatable bonds is 5. The normalized spacial score (nSPS) is 15.7. The monoisotopic (exact) mass is 457 g/mol. The second kappa shape index (κ2) is 10.00. The van der Waals surface area contributed by atoms with E-state index in [1.807, 2.05) is 24.3 Å². The van der Waals surface area contributed by atoms with E-state index in [1.54, 1.807) is 4.90 Å². The summed E-state index contributed by atoms with van der Waals surface area (Å²) in [5.74, 6) is 0.488. The summed E-state index contributed by atoms with van der Waals surface area (Å²) in [5, 5.41) is 0. The number of ether oxygens (including phenoxy) is 1. The predicted octanol–water partition coefficient (Wildman–Crippen LogP) is 4.31. The summed E-state index contributed by atoms with van der Waals surface area (Å²) in [7, 11) is 0. The van der Waals surface area contributed by atoms with Crippen molar-refractivity contribution < 1.29 is 19.1 Å². The Hall–Kier alpha value is -3.80. The van der Waals surface area contributed by atoms with Crippen molar-refractivity contribution in [1.29, 1.82) is 0 Å². The molecule has 174 valence electrons. The van der Waals surface area contributed by atoms with E-state index in [0.29, 0.717) is 12.4 Å². The Morgan fingerprint density at radius 2 is 1.74 bits per heavy atom. The van der Waals surface area contributed by atoms with Crippen LogP contribution in [0.25, 0.3) is 22.4 Å². The van der Waals surface area contributed by atoms with Gasteiger partial charge in [-0.1, -0.05) is 61.5 Å². The van der Waals surface area contributed by atoms with Crippen LogP contribution in [0, 0.1) is 0 Å². The number of hydrogen-bond donors (Lipinski definition) is 1. The number of carbonyl (C=O) groups is 1. The number of nitrogens with zero attached hydrogens (tertiary/aromatic N) is 2. The standard InChI is InChI=1S/C26H27N3O2.CO2/c1-2-15-29-22-16-21(18-7-4-3-5-8-18)24(28-25(22)31-17-23(29)30)19-9-11-20(12-10-19)26(27)13-6-14-26;2-1-3/h3-5,7-12,16H,2,6,13-15,17,27H2,1H3;. The van der Waals surface area contributed by atoms with Crippen LogP contribution in [0.15, 0.2) is 60.7 Å². The first-order chi connectivity index (χ1) is 16.5. The van der Waals surface area contributed by atoms with Gasteiger partial charge >= 0.3 is 6.15 Å². The lowest BCUT2D eigenvalue weighted by Gasteiger charge is -2.38. The van der Waals surface area contributed by atoms with Gasteiger partial charge in [-0.3, -0.25) is 4.79 Å². The lowest BCUT2D eigenvalue weighted by atomic mass is 9.72. The third-order valence-electron chi connectivity index (χ3n) is 6.40. The molecule has 2 heterocycles. The number of benzene rings is 2. The maximum atomic E-state index is 12.5. The summed E-state index contributed by atoms with van der Waals surface area (Å²) in [4.78, 5) is 35.4. The average molecular weight is 458 g/mol. The predicted molar refractivity (Wildman–Crippen MR) is 128 cm³/mol. The lowest BCUT2D eigenvalue weighted by Crippen LogP contribution is -2.43. The smallest absolute Gasteiger partial charge is 0.373 e. The Labute approximate surface area is 198 Å². The summed E-state index contributed by atoms with van der Waals surface area (Å²) in [6, 6.07) is 20.7. The fourth-order valence-electron chi connectivity index (χ4n) is 4.46. The Morgan fingerprint density at radius 1 is 1.06 bits per heavy atom. The van der Waals surface area contributed by atoms with Crippen molar-refractivity contribution in [3.63, 3.8) is 0 Å². The Kier molecular flexibility index (Phi) is 6.87. The highest BCUT2D eigenvalue weighted by atomic mass is 16.5. The molecule has 0 atom stereocenters. The molecule has 0 spiro atoms. The molecule has 0 unspecified atom stereocenters. The second-order valence-corrected chi connectivity index (χ2v) is 8.58. The molecule has 2 N–H and O–H groups in total.